The number of methoxy groups -OCH3 is 1. The van der Waals surface area contributed by atoms with Crippen LogP contribution in [0.25, 0.3) is 0 Å². The van der Waals surface area contributed by atoms with E-state index < -0.39 is 24.0 Å². The molecule has 6 nitrogen and oxygen atoms in total. The van der Waals surface area contributed by atoms with Crippen LogP contribution in [0.2, 0.25) is 0 Å². The van der Waals surface area contributed by atoms with Crippen LogP contribution in [0.1, 0.15) is 25.7 Å². The average Bonchev–Trinajstić information content (AvgIpc) is 2.35. The maximum absolute atomic E-state index is 11.7. The van der Waals surface area contributed by atoms with E-state index in [4.69, 9.17) is 9.84 Å². The average molecular weight is 255 g/mol. The first-order valence-corrected chi connectivity index (χ1v) is 6.11. The zero-order valence-electron chi connectivity index (χ0n) is 10.2. The molecule has 1 aliphatic heterocycles. The summed E-state index contributed by atoms with van der Waals surface area (Å²) in [6.07, 6.45) is 1.87. The predicted molar refractivity (Wildman–Crippen MR) is 60.8 cm³/mol. The Kier molecular flexibility index (Phi) is 3.65. The molecule has 0 aromatic rings. The van der Waals surface area contributed by atoms with Crippen LogP contribution in [0.5, 0.6) is 0 Å². The third kappa shape index (κ3) is 2.38. The zero-order chi connectivity index (χ0) is 13.3. The molecule has 1 saturated carbocycles. The first-order valence-electron chi connectivity index (χ1n) is 6.11. The third-order valence-corrected chi connectivity index (χ3v) is 3.95. The van der Waals surface area contributed by atoms with Crippen molar-refractivity contribution in [3.8, 4) is 0 Å². The van der Waals surface area contributed by atoms with Crippen LogP contribution < -0.4 is 5.32 Å². The first-order chi connectivity index (χ1) is 8.52. The maximum atomic E-state index is 11.7. The van der Waals surface area contributed by atoms with E-state index in [-0.39, 0.29) is 17.6 Å². The molecular formula is C12H17NO5. The fraction of sp³-hybridized carbons (Fsp3) is 0.750. The molecule has 1 aliphatic carbocycles. The van der Waals surface area contributed by atoms with E-state index in [9.17, 15) is 14.4 Å². The SMILES string of the molecule is COC(=O)C1NC(C(=O)O)CC2CC(=O)CCC21. The topological polar surface area (TPSA) is 92.7 Å². The van der Waals surface area contributed by atoms with Crippen LogP contribution in [0.4, 0.5) is 0 Å². The molecule has 2 aliphatic rings. The molecule has 100 valence electrons. The Morgan fingerprint density at radius 3 is 2.78 bits per heavy atom. The van der Waals surface area contributed by atoms with Crippen molar-refractivity contribution < 1.29 is 24.2 Å². The number of Topliss-reactive ketones (excluding diaryl/α,β-unsaturated/α-hetero) is 1. The summed E-state index contributed by atoms with van der Waals surface area (Å²) in [7, 11) is 1.29. The van der Waals surface area contributed by atoms with Gasteiger partial charge in [-0.05, 0) is 24.7 Å². The largest absolute Gasteiger partial charge is 0.480 e. The number of hydrogen-bond acceptors (Lipinski definition) is 5. The van der Waals surface area contributed by atoms with Gasteiger partial charge in [-0.15, -0.1) is 0 Å². The van der Waals surface area contributed by atoms with E-state index in [1.807, 2.05) is 0 Å². The number of ketones is 1. The quantitative estimate of drug-likeness (QED) is 0.673. The molecule has 0 amide bonds. The van der Waals surface area contributed by atoms with Gasteiger partial charge in [-0.3, -0.25) is 19.7 Å². The molecule has 2 fully saturated rings. The monoisotopic (exact) mass is 255 g/mol. The Morgan fingerprint density at radius 2 is 2.17 bits per heavy atom. The van der Waals surface area contributed by atoms with Gasteiger partial charge in [0.25, 0.3) is 0 Å². The highest BCUT2D eigenvalue weighted by molar-refractivity contribution is 5.83. The van der Waals surface area contributed by atoms with Crippen LogP contribution in [-0.2, 0) is 19.1 Å². The number of fused-ring (bicyclic) bond motifs is 1. The summed E-state index contributed by atoms with van der Waals surface area (Å²) in [4.78, 5) is 34.2. The van der Waals surface area contributed by atoms with Crippen molar-refractivity contribution in [3.05, 3.63) is 0 Å². The fourth-order valence-corrected chi connectivity index (χ4v) is 3.06. The van der Waals surface area contributed by atoms with Crippen molar-refractivity contribution >= 4 is 17.7 Å². The molecule has 2 N–H and O–H groups in total. The van der Waals surface area contributed by atoms with Gasteiger partial charge in [-0.2, -0.15) is 0 Å². The lowest BCUT2D eigenvalue weighted by Crippen LogP contribution is -2.59. The fourth-order valence-electron chi connectivity index (χ4n) is 3.06. The Bertz CT molecular complexity index is 381. The number of rotatable bonds is 2. The molecule has 2 rings (SSSR count). The second kappa shape index (κ2) is 5.06. The van der Waals surface area contributed by atoms with Gasteiger partial charge in [-0.25, -0.2) is 0 Å². The third-order valence-electron chi connectivity index (χ3n) is 3.95. The minimum Gasteiger partial charge on any atom is -0.480 e. The maximum Gasteiger partial charge on any atom is 0.323 e. The Morgan fingerprint density at radius 1 is 1.44 bits per heavy atom. The molecule has 4 atom stereocenters. The van der Waals surface area contributed by atoms with Gasteiger partial charge < -0.3 is 9.84 Å². The number of hydrogen-bond donors (Lipinski definition) is 2. The van der Waals surface area contributed by atoms with Crippen molar-refractivity contribution in [1.82, 2.24) is 5.32 Å². The van der Waals surface area contributed by atoms with Gasteiger partial charge in [0.05, 0.1) is 7.11 Å². The molecule has 1 heterocycles. The Balaban J connectivity index is 2.19. The molecule has 0 spiro atoms. The summed E-state index contributed by atoms with van der Waals surface area (Å²) >= 11 is 0. The number of aliphatic carboxylic acids is 1. The lowest BCUT2D eigenvalue weighted by molar-refractivity contribution is -0.152. The second-order valence-electron chi connectivity index (χ2n) is 5.00. The molecule has 0 aromatic carbocycles. The predicted octanol–water partition coefficient (Wildman–Crippen LogP) is -0.0401. The molecule has 4 unspecified atom stereocenters. The van der Waals surface area contributed by atoms with Gasteiger partial charge in [0, 0.05) is 12.8 Å². The molecule has 6 heteroatoms. The number of carboxylic acid groups (broad SMARTS) is 1. The summed E-state index contributed by atoms with van der Waals surface area (Å²) in [5.41, 5.74) is 0. The highest BCUT2D eigenvalue weighted by atomic mass is 16.5. The van der Waals surface area contributed by atoms with Crippen molar-refractivity contribution in [2.24, 2.45) is 11.8 Å². The number of ether oxygens (including phenoxy) is 1. The van der Waals surface area contributed by atoms with E-state index in [1.165, 1.54) is 7.11 Å². The van der Waals surface area contributed by atoms with Crippen LogP contribution >= 0.6 is 0 Å². The lowest BCUT2D eigenvalue weighted by Gasteiger charge is -2.42. The minimum atomic E-state index is -0.986. The summed E-state index contributed by atoms with van der Waals surface area (Å²) in [5.74, 6) is -1.29. The number of carboxylic acids is 1. The molecule has 1 saturated heterocycles. The van der Waals surface area contributed by atoms with Crippen molar-refractivity contribution in [3.63, 3.8) is 0 Å². The van der Waals surface area contributed by atoms with Crippen LogP contribution in [-0.4, -0.2) is 42.0 Å². The second-order valence-corrected chi connectivity index (χ2v) is 5.00. The highest BCUT2D eigenvalue weighted by Gasteiger charge is 2.45. The van der Waals surface area contributed by atoms with E-state index in [0.717, 1.165) is 0 Å². The van der Waals surface area contributed by atoms with Gasteiger partial charge in [0.1, 0.15) is 17.9 Å². The standard InChI is InChI=1S/C12H17NO5/c1-18-12(17)10-8-3-2-7(14)4-6(8)5-9(13-10)11(15)16/h6,8-10,13H,2-5H2,1H3,(H,15,16). The zero-order valence-corrected chi connectivity index (χ0v) is 10.2. The summed E-state index contributed by atoms with van der Waals surface area (Å²) < 4.78 is 4.71. The minimum absolute atomic E-state index is 0.00532. The van der Waals surface area contributed by atoms with Crippen molar-refractivity contribution in [2.45, 2.75) is 37.8 Å². The molecule has 0 aromatic heterocycles. The van der Waals surface area contributed by atoms with E-state index in [1.54, 1.807) is 0 Å². The first kappa shape index (κ1) is 13.0. The number of esters is 1. The van der Waals surface area contributed by atoms with Gasteiger partial charge in [0.2, 0.25) is 0 Å². The normalized spacial score (nSPS) is 35.7. The highest BCUT2D eigenvalue weighted by Crippen LogP contribution is 2.37. The molecule has 0 radical (unpaired) electrons. The van der Waals surface area contributed by atoms with E-state index in [2.05, 4.69) is 5.32 Å². The van der Waals surface area contributed by atoms with Crippen LogP contribution in [0.15, 0.2) is 0 Å². The van der Waals surface area contributed by atoms with Gasteiger partial charge >= 0.3 is 11.9 Å². The van der Waals surface area contributed by atoms with Gasteiger partial charge in [0.15, 0.2) is 0 Å². The van der Waals surface area contributed by atoms with E-state index in [0.29, 0.717) is 25.7 Å². The number of carbonyl (C=O) groups is 3. The Hall–Kier alpha value is -1.43. The number of piperidine rings is 1. The van der Waals surface area contributed by atoms with Crippen molar-refractivity contribution in [1.29, 1.82) is 0 Å². The molecular weight excluding hydrogens is 238 g/mol. The summed E-state index contributed by atoms with van der Waals surface area (Å²) in [5, 5.41) is 11.9. The van der Waals surface area contributed by atoms with E-state index >= 15 is 0 Å². The summed E-state index contributed by atoms with van der Waals surface area (Å²) in [6, 6.07) is -1.39. The van der Waals surface area contributed by atoms with Crippen LogP contribution in [0.3, 0.4) is 0 Å². The number of nitrogens with one attached hydrogen (secondary N) is 1. The smallest absolute Gasteiger partial charge is 0.323 e. The summed E-state index contributed by atoms with van der Waals surface area (Å²) in [6.45, 7) is 0. The lowest BCUT2D eigenvalue weighted by atomic mass is 9.69. The van der Waals surface area contributed by atoms with Crippen molar-refractivity contribution in [2.75, 3.05) is 7.11 Å². The Labute approximate surface area is 105 Å². The van der Waals surface area contributed by atoms with Crippen LogP contribution in [0, 0.1) is 11.8 Å². The number of carbonyl (C=O) groups excluding carboxylic acids is 2. The van der Waals surface area contributed by atoms with Gasteiger partial charge in [-0.1, -0.05) is 0 Å². The molecule has 18 heavy (non-hydrogen) atoms. The molecule has 0 bridgehead atoms.